The van der Waals surface area contributed by atoms with E-state index in [0.29, 0.717) is 35.2 Å². The van der Waals surface area contributed by atoms with Crippen LogP contribution in [-0.2, 0) is 0 Å². The Labute approximate surface area is 128 Å². The molecule has 118 valence electrons. The van der Waals surface area contributed by atoms with E-state index in [9.17, 15) is 0 Å². The molecule has 0 saturated heterocycles. The van der Waals surface area contributed by atoms with Gasteiger partial charge in [-0.25, -0.2) is 0 Å². The predicted octanol–water partition coefficient (Wildman–Crippen LogP) is 3.79. The lowest BCUT2D eigenvalue weighted by molar-refractivity contribution is 0.290. The molecule has 0 radical (unpaired) electrons. The number of pyridine rings is 1. The van der Waals surface area contributed by atoms with Gasteiger partial charge in [0.25, 0.3) is 0 Å². The first-order valence-corrected chi connectivity index (χ1v) is 8.10. The largest absolute Gasteiger partial charge is 0.476 e. The van der Waals surface area contributed by atoms with E-state index in [2.05, 4.69) is 38.0 Å². The van der Waals surface area contributed by atoms with Gasteiger partial charge in [-0.15, -0.1) is 0 Å². The predicted molar refractivity (Wildman–Crippen MR) is 88.5 cm³/mol. The van der Waals surface area contributed by atoms with Gasteiger partial charge in [-0.2, -0.15) is 4.98 Å². The van der Waals surface area contributed by atoms with E-state index in [-0.39, 0.29) is 0 Å². The Bertz CT molecular complexity index is 447. The summed E-state index contributed by atoms with van der Waals surface area (Å²) in [4.78, 5) is 4.50. The van der Waals surface area contributed by atoms with Gasteiger partial charge in [0.15, 0.2) is 0 Å². The summed E-state index contributed by atoms with van der Waals surface area (Å²) in [6.45, 7) is 10.7. The number of anilines is 2. The molecule has 2 rings (SSSR count). The molecule has 0 amide bonds. The van der Waals surface area contributed by atoms with Crippen LogP contribution in [0.4, 0.5) is 11.5 Å². The maximum Gasteiger partial charge on any atom is 0.239 e. The van der Waals surface area contributed by atoms with Crippen LogP contribution in [-0.4, -0.2) is 18.1 Å². The van der Waals surface area contributed by atoms with Crippen molar-refractivity contribution in [3.63, 3.8) is 0 Å². The minimum absolute atomic E-state index is 0.567. The fourth-order valence-corrected chi connectivity index (χ4v) is 2.61. The van der Waals surface area contributed by atoms with Gasteiger partial charge < -0.3 is 15.8 Å². The molecule has 1 saturated carbocycles. The number of ether oxygens (including phenoxy) is 1. The molecule has 0 bridgehead atoms. The molecule has 3 N–H and O–H groups in total. The molecule has 0 unspecified atom stereocenters. The van der Waals surface area contributed by atoms with Crippen LogP contribution in [0.3, 0.4) is 0 Å². The quantitative estimate of drug-likeness (QED) is 0.765. The molecule has 1 aromatic heterocycles. The van der Waals surface area contributed by atoms with Crippen molar-refractivity contribution in [1.29, 1.82) is 0 Å². The molecule has 0 aromatic carbocycles. The van der Waals surface area contributed by atoms with Gasteiger partial charge in [0, 0.05) is 6.54 Å². The first-order valence-electron chi connectivity index (χ1n) is 8.10. The highest BCUT2D eigenvalue weighted by Crippen LogP contribution is 2.31. The summed E-state index contributed by atoms with van der Waals surface area (Å²) in [6, 6.07) is 3.80. The third-order valence-electron chi connectivity index (χ3n) is 4.27. The SMILES string of the molecule is CC(C)C(CNc1ccc(N)c(OCC2CC2)n1)C(C)C. The molecule has 1 heterocycles. The molecule has 4 nitrogen and oxygen atoms in total. The zero-order chi connectivity index (χ0) is 15.4. The summed E-state index contributed by atoms with van der Waals surface area (Å²) in [5.74, 6) is 4.04. The molecular formula is C17H29N3O. The maximum absolute atomic E-state index is 5.93. The number of aromatic nitrogens is 1. The molecule has 4 heteroatoms. The Kier molecular flexibility index (Phi) is 5.32. The molecule has 21 heavy (non-hydrogen) atoms. The average molecular weight is 291 g/mol. The van der Waals surface area contributed by atoms with E-state index < -0.39 is 0 Å². The molecule has 0 aliphatic heterocycles. The smallest absolute Gasteiger partial charge is 0.239 e. The van der Waals surface area contributed by atoms with Crippen molar-refractivity contribution in [1.82, 2.24) is 4.98 Å². The molecule has 0 atom stereocenters. The number of nitrogens with zero attached hydrogens (tertiary/aromatic N) is 1. The second kappa shape index (κ2) is 7.01. The van der Waals surface area contributed by atoms with Crippen LogP contribution in [0, 0.1) is 23.7 Å². The lowest BCUT2D eigenvalue weighted by Crippen LogP contribution is -2.24. The number of nitrogens with two attached hydrogens (primary N) is 1. The van der Waals surface area contributed by atoms with Gasteiger partial charge >= 0.3 is 0 Å². The van der Waals surface area contributed by atoms with E-state index in [1.807, 2.05) is 12.1 Å². The van der Waals surface area contributed by atoms with Gasteiger partial charge in [-0.3, -0.25) is 0 Å². The minimum Gasteiger partial charge on any atom is -0.476 e. The molecular weight excluding hydrogens is 262 g/mol. The number of hydrogen-bond acceptors (Lipinski definition) is 4. The Hall–Kier alpha value is -1.45. The van der Waals surface area contributed by atoms with E-state index >= 15 is 0 Å². The molecule has 0 spiro atoms. The van der Waals surface area contributed by atoms with E-state index in [0.717, 1.165) is 19.0 Å². The van der Waals surface area contributed by atoms with E-state index in [1.165, 1.54) is 12.8 Å². The normalized spacial score (nSPS) is 15.0. The highest BCUT2D eigenvalue weighted by atomic mass is 16.5. The summed E-state index contributed by atoms with van der Waals surface area (Å²) >= 11 is 0. The van der Waals surface area contributed by atoms with Crippen LogP contribution in [0.15, 0.2) is 12.1 Å². The second-order valence-electron chi connectivity index (χ2n) is 6.88. The Balaban J connectivity index is 1.94. The van der Waals surface area contributed by atoms with Gasteiger partial charge in [0.05, 0.1) is 12.3 Å². The number of rotatable bonds is 8. The van der Waals surface area contributed by atoms with Crippen molar-refractivity contribution < 1.29 is 4.74 Å². The van der Waals surface area contributed by atoms with Crippen LogP contribution in [0.2, 0.25) is 0 Å². The third kappa shape index (κ3) is 4.80. The Morgan fingerprint density at radius 1 is 1.24 bits per heavy atom. The molecule has 1 fully saturated rings. The number of hydrogen-bond donors (Lipinski definition) is 2. The van der Waals surface area contributed by atoms with E-state index in [1.54, 1.807) is 0 Å². The molecule has 1 aromatic rings. The fourth-order valence-electron chi connectivity index (χ4n) is 2.61. The van der Waals surface area contributed by atoms with Crippen molar-refractivity contribution in [2.45, 2.75) is 40.5 Å². The highest BCUT2D eigenvalue weighted by Gasteiger charge is 2.22. The Morgan fingerprint density at radius 2 is 1.90 bits per heavy atom. The van der Waals surface area contributed by atoms with Crippen LogP contribution in [0.1, 0.15) is 40.5 Å². The molecule has 1 aliphatic rings. The van der Waals surface area contributed by atoms with Crippen LogP contribution >= 0.6 is 0 Å². The summed E-state index contributed by atoms with van der Waals surface area (Å²) in [6.07, 6.45) is 2.53. The first kappa shape index (κ1) is 15.9. The van der Waals surface area contributed by atoms with Gasteiger partial charge in [-0.1, -0.05) is 27.7 Å². The fraction of sp³-hybridized carbons (Fsp3) is 0.706. The van der Waals surface area contributed by atoms with E-state index in [4.69, 9.17) is 10.5 Å². The first-order chi connectivity index (χ1) is 9.97. The van der Waals surface area contributed by atoms with Crippen LogP contribution < -0.4 is 15.8 Å². The van der Waals surface area contributed by atoms with Gasteiger partial charge in [0.2, 0.25) is 5.88 Å². The average Bonchev–Trinajstić information content (AvgIpc) is 3.22. The lowest BCUT2D eigenvalue weighted by atomic mass is 9.85. The van der Waals surface area contributed by atoms with Crippen molar-refractivity contribution >= 4 is 11.5 Å². The molecule has 1 aliphatic carbocycles. The van der Waals surface area contributed by atoms with Crippen molar-refractivity contribution in [3.05, 3.63) is 12.1 Å². The standard InChI is InChI=1S/C17H29N3O/c1-11(2)14(12(3)4)9-19-16-8-7-15(18)17(20-16)21-10-13-5-6-13/h7-8,11-14H,5-6,9-10,18H2,1-4H3,(H,19,20). The highest BCUT2D eigenvalue weighted by molar-refractivity contribution is 5.53. The summed E-state index contributed by atoms with van der Waals surface area (Å²) < 4.78 is 5.73. The number of nitrogen functional groups attached to an aromatic ring is 1. The topological polar surface area (TPSA) is 60.2 Å². The minimum atomic E-state index is 0.567. The summed E-state index contributed by atoms with van der Waals surface area (Å²) in [5, 5.41) is 3.43. The van der Waals surface area contributed by atoms with Crippen molar-refractivity contribution in [2.24, 2.45) is 23.7 Å². The third-order valence-corrected chi connectivity index (χ3v) is 4.27. The monoisotopic (exact) mass is 291 g/mol. The van der Waals surface area contributed by atoms with Crippen LogP contribution in [0.5, 0.6) is 5.88 Å². The second-order valence-corrected chi connectivity index (χ2v) is 6.88. The van der Waals surface area contributed by atoms with Gasteiger partial charge in [0.1, 0.15) is 5.82 Å². The zero-order valence-electron chi connectivity index (χ0n) is 13.7. The lowest BCUT2D eigenvalue weighted by Gasteiger charge is -2.25. The Morgan fingerprint density at radius 3 is 2.48 bits per heavy atom. The van der Waals surface area contributed by atoms with Gasteiger partial charge in [-0.05, 0) is 48.6 Å². The number of nitrogens with one attached hydrogen (secondary N) is 1. The van der Waals surface area contributed by atoms with Crippen molar-refractivity contribution in [3.8, 4) is 5.88 Å². The van der Waals surface area contributed by atoms with Crippen molar-refractivity contribution in [2.75, 3.05) is 24.2 Å². The summed E-state index contributed by atoms with van der Waals surface area (Å²) in [5.41, 5.74) is 6.55. The van der Waals surface area contributed by atoms with Crippen LogP contribution in [0.25, 0.3) is 0 Å². The zero-order valence-corrected chi connectivity index (χ0v) is 13.7. The maximum atomic E-state index is 5.93. The summed E-state index contributed by atoms with van der Waals surface area (Å²) in [7, 11) is 0.